The molecule has 4 rings (SSSR count). The van der Waals surface area contributed by atoms with Crippen LogP contribution in [0.3, 0.4) is 0 Å². The van der Waals surface area contributed by atoms with E-state index in [0.717, 1.165) is 22.1 Å². The molecule has 34 heavy (non-hydrogen) atoms. The molecular weight excluding hydrogens is 432 g/mol. The van der Waals surface area contributed by atoms with Crippen LogP contribution in [-0.2, 0) is 9.59 Å². The van der Waals surface area contributed by atoms with Gasteiger partial charge in [-0.1, -0.05) is 30.3 Å². The molecule has 1 aliphatic rings. The highest BCUT2D eigenvalue weighted by Gasteiger charge is 2.45. The fraction of sp³-hybridized carbons (Fsp3) is 0.259. The van der Waals surface area contributed by atoms with Crippen molar-refractivity contribution in [2.45, 2.75) is 6.04 Å². The average molecular weight is 461 g/mol. The number of ketones is 1. The smallest absolute Gasteiger partial charge is 0.295 e. The molecular formula is C27H28N2O5. The van der Waals surface area contributed by atoms with Gasteiger partial charge in [0.25, 0.3) is 11.7 Å². The Balaban J connectivity index is 1.83. The number of fused-ring (bicyclic) bond motifs is 1. The van der Waals surface area contributed by atoms with Crippen LogP contribution in [0.1, 0.15) is 17.2 Å². The molecule has 7 heteroatoms. The van der Waals surface area contributed by atoms with Crippen molar-refractivity contribution in [1.82, 2.24) is 9.80 Å². The Morgan fingerprint density at radius 1 is 0.912 bits per heavy atom. The molecule has 1 N–H and O–H groups in total. The molecule has 0 saturated carbocycles. The first-order valence-electron chi connectivity index (χ1n) is 11.0. The summed E-state index contributed by atoms with van der Waals surface area (Å²) in [6.45, 7) is 0.931. The Morgan fingerprint density at radius 3 is 2.18 bits per heavy atom. The predicted molar refractivity (Wildman–Crippen MR) is 131 cm³/mol. The normalized spacial score (nSPS) is 17.6. The maximum Gasteiger partial charge on any atom is 0.295 e. The highest BCUT2D eigenvalue weighted by atomic mass is 16.5. The second kappa shape index (κ2) is 9.57. The maximum absolute atomic E-state index is 13.2. The van der Waals surface area contributed by atoms with E-state index < -0.39 is 17.7 Å². The van der Waals surface area contributed by atoms with Gasteiger partial charge in [0.15, 0.2) is 0 Å². The van der Waals surface area contributed by atoms with E-state index in [1.54, 1.807) is 32.4 Å². The molecule has 7 nitrogen and oxygen atoms in total. The van der Waals surface area contributed by atoms with E-state index in [-0.39, 0.29) is 11.3 Å². The molecule has 1 aliphatic heterocycles. The number of carbonyl (C=O) groups excluding carboxylic acids is 2. The zero-order valence-corrected chi connectivity index (χ0v) is 19.7. The topological polar surface area (TPSA) is 79.3 Å². The van der Waals surface area contributed by atoms with Gasteiger partial charge in [0.1, 0.15) is 17.3 Å². The van der Waals surface area contributed by atoms with Gasteiger partial charge in [-0.15, -0.1) is 0 Å². The highest BCUT2D eigenvalue weighted by Crippen LogP contribution is 2.40. The fourth-order valence-electron chi connectivity index (χ4n) is 4.20. The van der Waals surface area contributed by atoms with E-state index in [1.165, 1.54) is 4.90 Å². The van der Waals surface area contributed by atoms with Crippen LogP contribution in [0, 0.1) is 0 Å². The van der Waals surface area contributed by atoms with Gasteiger partial charge in [-0.25, -0.2) is 0 Å². The van der Waals surface area contributed by atoms with E-state index in [1.807, 2.05) is 61.5 Å². The van der Waals surface area contributed by atoms with Crippen molar-refractivity contribution in [2.24, 2.45) is 0 Å². The highest BCUT2D eigenvalue weighted by molar-refractivity contribution is 6.46. The van der Waals surface area contributed by atoms with Gasteiger partial charge >= 0.3 is 0 Å². The number of aliphatic hydroxyl groups is 1. The summed E-state index contributed by atoms with van der Waals surface area (Å²) < 4.78 is 10.5. The first-order valence-corrected chi connectivity index (χ1v) is 11.0. The van der Waals surface area contributed by atoms with Crippen LogP contribution in [0.4, 0.5) is 0 Å². The molecule has 1 atom stereocenters. The Morgan fingerprint density at radius 2 is 1.53 bits per heavy atom. The Hall–Kier alpha value is -3.84. The van der Waals surface area contributed by atoms with E-state index in [2.05, 4.69) is 0 Å². The van der Waals surface area contributed by atoms with Crippen LogP contribution in [0.2, 0.25) is 0 Å². The third-order valence-electron chi connectivity index (χ3n) is 6.08. The molecule has 0 aromatic heterocycles. The summed E-state index contributed by atoms with van der Waals surface area (Å²) in [5.74, 6) is -0.0969. The second-order valence-corrected chi connectivity index (χ2v) is 8.50. The van der Waals surface area contributed by atoms with Gasteiger partial charge in [0, 0.05) is 18.7 Å². The summed E-state index contributed by atoms with van der Waals surface area (Å²) in [6.07, 6.45) is 0. The van der Waals surface area contributed by atoms with Gasteiger partial charge in [0.2, 0.25) is 0 Å². The van der Waals surface area contributed by atoms with E-state index in [4.69, 9.17) is 9.47 Å². The minimum absolute atomic E-state index is 0.0850. The summed E-state index contributed by atoms with van der Waals surface area (Å²) in [5.41, 5.74) is 1.29. The van der Waals surface area contributed by atoms with Gasteiger partial charge in [-0.3, -0.25) is 9.59 Å². The number of aliphatic hydroxyl groups excluding tert-OH is 1. The molecule has 1 saturated heterocycles. The summed E-state index contributed by atoms with van der Waals surface area (Å²) in [4.78, 5) is 29.7. The fourth-order valence-corrected chi connectivity index (χ4v) is 4.20. The number of nitrogens with zero attached hydrogens (tertiary/aromatic N) is 2. The lowest BCUT2D eigenvalue weighted by Crippen LogP contribution is -2.35. The minimum atomic E-state index is -0.697. The molecule has 0 spiro atoms. The van der Waals surface area contributed by atoms with E-state index in [0.29, 0.717) is 24.4 Å². The lowest BCUT2D eigenvalue weighted by molar-refractivity contribution is -0.140. The monoisotopic (exact) mass is 460 g/mol. The minimum Gasteiger partial charge on any atom is -0.507 e. The van der Waals surface area contributed by atoms with Crippen LogP contribution in [0.5, 0.6) is 11.5 Å². The van der Waals surface area contributed by atoms with Crippen molar-refractivity contribution in [3.05, 3.63) is 77.4 Å². The first-order chi connectivity index (χ1) is 16.3. The number of methoxy groups -OCH3 is 2. The lowest BCUT2D eigenvalue weighted by Gasteiger charge is -2.26. The number of likely N-dealkylation sites (tertiary alicyclic amines) is 1. The summed E-state index contributed by atoms with van der Waals surface area (Å²) in [5, 5.41) is 13.1. The lowest BCUT2D eigenvalue weighted by atomic mass is 9.94. The predicted octanol–water partition coefficient (Wildman–Crippen LogP) is 3.84. The standard InChI is InChI=1S/C27H28N2O5/c1-28(2)13-14-29-24(17-7-10-21(33-3)11-8-17)23(26(31)27(29)32)25(30)20-6-5-19-16-22(34-4)12-9-18(19)15-20/h5-12,15-16,24,30H,13-14H2,1-4H3/b25-23+. The zero-order chi connectivity index (χ0) is 24.4. The first kappa shape index (κ1) is 23.3. The SMILES string of the molecule is COc1ccc(C2/C(=C(\O)c3ccc4cc(OC)ccc4c3)C(=O)C(=O)N2CCN(C)C)cc1. The number of benzene rings is 3. The largest absolute Gasteiger partial charge is 0.507 e. The summed E-state index contributed by atoms with van der Waals surface area (Å²) in [7, 11) is 7.00. The molecule has 1 unspecified atom stereocenters. The number of rotatable bonds is 7. The number of amides is 1. The average Bonchev–Trinajstić information content (AvgIpc) is 3.11. The maximum atomic E-state index is 13.2. The number of ether oxygens (including phenoxy) is 2. The van der Waals surface area contributed by atoms with E-state index >= 15 is 0 Å². The number of likely N-dealkylation sites (N-methyl/N-ethyl adjacent to an activating group) is 1. The molecule has 1 heterocycles. The molecule has 0 bridgehead atoms. The number of hydrogen-bond acceptors (Lipinski definition) is 6. The number of carbonyl (C=O) groups is 2. The Bertz CT molecular complexity index is 1260. The molecule has 3 aromatic rings. The third kappa shape index (κ3) is 4.34. The van der Waals surface area contributed by atoms with Gasteiger partial charge in [-0.05, 0) is 60.8 Å². The van der Waals surface area contributed by atoms with Crippen LogP contribution in [0.25, 0.3) is 16.5 Å². The second-order valence-electron chi connectivity index (χ2n) is 8.50. The quantitative estimate of drug-likeness (QED) is 0.328. The Kier molecular flexibility index (Phi) is 6.56. The molecule has 1 fully saturated rings. The van der Waals surface area contributed by atoms with Gasteiger partial charge < -0.3 is 24.4 Å². The Labute approximate surface area is 198 Å². The van der Waals surface area contributed by atoms with Crippen LogP contribution in [-0.4, -0.2) is 68.0 Å². The third-order valence-corrected chi connectivity index (χ3v) is 6.08. The van der Waals surface area contributed by atoms with Crippen molar-refractivity contribution < 1.29 is 24.2 Å². The van der Waals surface area contributed by atoms with E-state index in [9.17, 15) is 14.7 Å². The zero-order valence-electron chi connectivity index (χ0n) is 19.7. The van der Waals surface area contributed by atoms with Crippen molar-refractivity contribution in [3.8, 4) is 11.5 Å². The molecule has 3 aromatic carbocycles. The summed E-state index contributed by atoms with van der Waals surface area (Å²) in [6, 6.07) is 17.5. The molecule has 0 radical (unpaired) electrons. The van der Waals surface area contributed by atoms with Crippen LogP contribution >= 0.6 is 0 Å². The van der Waals surface area contributed by atoms with Gasteiger partial charge in [-0.2, -0.15) is 0 Å². The van der Waals surface area contributed by atoms with Crippen LogP contribution in [0.15, 0.2) is 66.2 Å². The van der Waals surface area contributed by atoms with Crippen LogP contribution < -0.4 is 9.47 Å². The van der Waals surface area contributed by atoms with Crippen molar-refractivity contribution in [1.29, 1.82) is 0 Å². The molecule has 0 aliphatic carbocycles. The van der Waals surface area contributed by atoms with Gasteiger partial charge in [0.05, 0.1) is 25.8 Å². The van der Waals surface area contributed by atoms with Crippen molar-refractivity contribution in [3.63, 3.8) is 0 Å². The molecule has 1 amide bonds. The number of hydrogen-bond donors (Lipinski definition) is 1. The number of Topliss-reactive ketones (excluding diaryl/α,β-unsaturated/α-hetero) is 1. The van der Waals surface area contributed by atoms with Crippen molar-refractivity contribution >= 4 is 28.2 Å². The van der Waals surface area contributed by atoms with Crippen molar-refractivity contribution in [2.75, 3.05) is 41.4 Å². The summed E-state index contributed by atoms with van der Waals surface area (Å²) >= 11 is 0. The molecule has 176 valence electrons.